The molecule has 0 aromatic carbocycles. The van der Waals surface area contributed by atoms with Gasteiger partial charge >= 0.3 is 0 Å². The fourth-order valence-corrected chi connectivity index (χ4v) is 1.60. The molecule has 0 aliphatic heterocycles. The van der Waals surface area contributed by atoms with Crippen LogP contribution < -0.4 is 10.1 Å². The summed E-state index contributed by atoms with van der Waals surface area (Å²) in [5.41, 5.74) is 1.79. The fourth-order valence-electron chi connectivity index (χ4n) is 1.09. The number of pyridine rings is 1. The van der Waals surface area contributed by atoms with Gasteiger partial charge in [0, 0.05) is 12.6 Å². The molecule has 1 aromatic heterocycles. The Hall–Kier alpha value is -1.03. The number of nitrogens with one attached hydrogen (secondary N) is 1. The van der Waals surface area contributed by atoms with Crippen molar-refractivity contribution in [1.29, 1.82) is 0 Å². The van der Waals surface area contributed by atoms with E-state index in [1.54, 1.807) is 19.4 Å². The molecule has 0 saturated carbocycles. The van der Waals surface area contributed by atoms with Gasteiger partial charge in [-0.15, -0.1) is 0 Å². The molecule has 70 valence electrons. The maximum absolute atomic E-state index is 5.14. The molecule has 1 N–H and O–H groups in total. The molecule has 1 aromatic rings. The summed E-state index contributed by atoms with van der Waals surface area (Å²) in [6.45, 7) is 3.72. The number of halogens is 1. The average molecular weight is 243 g/mol. The summed E-state index contributed by atoms with van der Waals surface area (Å²) < 4.78 is 5.89. The van der Waals surface area contributed by atoms with Crippen LogP contribution in [-0.4, -0.2) is 19.1 Å². The van der Waals surface area contributed by atoms with Crippen molar-refractivity contribution in [1.82, 2.24) is 4.98 Å². The molecule has 0 aliphatic rings. The molecular formula is C9H11BrN2O. The van der Waals surface area contributed by atoms with Gasteiger partial charge in [-0.2, -0.15) is 0 Å². The molecule has 1 heterocycles. The van der Waals surface area contributed by atoms with Crippen molar-refractivity contribution in [2.75, 3.05) is 19.5 Å². The average Bonchev–Trinajstić information content (AvgIpc) is 2.17. The molecule has 0 aliphatic carbocycles. The molecule has 0 fully saturated rings. The molecule has 0 atom stereocenters. The summed E-state index contributed by atoms with van der Waals surface area (Å²) in [7, 11) is 3.44. The van der Waals surface area contributed by atoms with Crippen LogP contribution in [0.1, 0.15) is 5.56 Å². The van der Waals surface area contributed by atoms with E-state index < -0.39 is 0 Å². The van der Waals surface area contributed by atoms with Crippen LogP contribution >= 0.6 is 15.9 Å². The lowest BCUT2D eigenvalue weighted by molar-refractivity contribution is 0.412. The summed E-state index contributed by atoms with van der Waals surface area (Å²) in [5.74, 6) is 0.711. The number of methoxy groups -OCH3 is 1. The van der Waals surface area contributed by atoms with Crippen LogP contribution in [0.2, 0.25) is 0 Å². The highest BCUT2D eigenvalue weighted by atomic mass is 79.9. The van der Waals surface area contributed by atoms with E-state index in [1.807, 2.05) is 7.05 Å². The van der Waals surface area contributed by atoms with Crippen molar-refractivity contribution >= 4 is 27.7 Å². The number of aromatic nitrogens is 1. The molecule has 0 saturated heterocycles. The van der Waals surface area contributed by atoms with E-state index in [1.165, 1.54) is 0 Å². The van der Waals surface area contributed by atoms with E-state index in [-0.39, 0.29) is 0 Å². The normalized spacial score (nSPS) is 9.46. The van der Waals surface area contributed by atoms with Crippen LogP contribution in [0.25, 0.3) is 6.08 Å². The van der Waals surface area contributed by atoms with Crippen LogP contribution in [0.3, 0.4) is 0 Å². The van der Waals surface area contributed by atoms with E-state index in [9.17, 15) is 0 Å². The topological polar surface area (TPSA) is 34.1 Å². The fraction of sp³-hybridized carbons (Fsp3) is 0.222. The zero-order valence-corrected chi connectivity index (χ0v) is 9.18. The predicted molar refractivity (Wildman–Crippen MR) is 58.1 cm³/mol. The van der Waals surface area contributed by atoms with Crippen molar-refractivity contribution in [3.8, 4) is 5.75 Å². The lowest BCUT2D eigenvalue weighted by Gasteiger charge is -2.10. The van der Waals surface area contributed by atoms with Crippen LogP contribution in [0, 0.1) is 0 Å². The van der Waals surface area contributed by atoms with Crippen molar-refractivity contribution in [2.45, 2.75) is 0 Å². The van der Waals surface area contributed by atoms with Gasteiger partial charge in [-0.1, -0.05) is 12.7 Å². The summed E-state index contributed by atoms with van der Waals surface area (Å²) in [5, 5.41) is 3.03. The Labute approximate surface area is 86.0 Å². The second-order valence-corrected chi connectivity index (χ2v) is 3.11. The Morgan fingerprint density at radius 3 is 2.85 bits per heavy atom. The minimum atomic E-state index is 0.711. The molecule has 0 radical (unpaired) electrons. The number of hydrogen-bond acceptors (Lipinski definition) is 3. The van der Waals surface area contributed by atoms with Gasteiger partial charge in [0.15, 0.2) is 0 Å². The van der Waals surface area contributed by atoms with Crippen molar-refractivity contribution in [3.63, 3.8) is 0 Å². The molecule has 13 heavy (non-hydrogen) atoms. The van der Waals surface area contributed by atoms with Crippen molar-refractivity contribution in [2.24, 2.45) is 0 Å². The molecule has 0 bridgehead atoms. The standard InChI is InChI=1S/C9H11BrN2O/c1-4-6-7(13-3)5-12-9(10)8(6)11-2/h4-5,11H,1H2,2-3H3. The summed E-state index contributed by atoms with van der Waals surface area (Å²) in [4.78, 5) is 4.11. The lowest BCUT2D eigenvalue weighted by atomic mass is 10.2. The Kier molecular flexibility index (Phi) is 3.31. The number of ether oxygens (including phenoxy) is 1. The summed E-state index contributed by atoms with van der Waals surface area (Å²) >= 11 is 3.33. The number of anilines is 1. The molecule has 0 amide bonds. The van der Waals surface area contributed by atoms with Gasteiger partial charge in [-0.3, -0.25) is 0 Å². The molecule has 3 nitrogen and oxygen atoms in total. The third-order valence-electron chi connectivity index (χ3n) is 1.71. The van der Waals surface area contributed by atoms with E-state index >= 15 is 0 Å². The highest BCUT2D eigenvalue weighted by molar-refractivity contribution is 9.10. The number of hydrogen-bond donors (Lipinski definition) is 1. The largest absolute Gasteiger partial charge is 0.494 e. The molecule has 1 rings (SSSR count). The minimum absolute atomic E-state index is 0.711. The van der Waals surface area contributed by atoms with Crippen LogP contribution in [-0.2, 0) is 0 Å². The second-order valence-electron chi connectivity index (χ2n) is 2.36. The third-order valence-corrected chi connectivity index (χ3v) is 2.31. The Balaban J connectivity index is 3.36. The summed E-state index contributed by atoms with van der Waals surface area (Å²) in [6, 6.07) is 0. The minimum Gasteiger partial charge on any atom is -0.494 e. The van der Waals surface area contributed by atoms with Gasteiger partial charge in [-0.25, -0.2) is 4.98 Å². The first-order chi connectivity index (χ1) is 6.24. The van der Waals surface area contributed by atoms with Crippen LogP contribution in [0.4, 0.5) is 5.69 Å². The predicted octanol–water partition coefficient (Wildman–Crippen LogP) is 2.54. The molecule has 0 unspecified atom stereocenters. The zero-order chi connectivity index (χ0) is 9.84. The molecule has 0 spiro atoms. The molecule has 4 heteroatoms. The van der Waals surface area contributed by atoms with Crippen LogP contribution in [0.15, 0.2) is 17.4 Å². The van der Waals surface area contributed by atoms with Gasteiger partial charge in [0.2, 0.25) is 0 Å². The Morgan fingerprint density at radius 1 is 1.69 bits per heavy atom. The van der Waals surface area contributed by atoms with Crippen LogP contribution in [0.5, 0.6) is 5.75 Å². The SMILES string of the molecule is C=Cc1c(OC)cnc(Br)c1NC. The number of nitrogens with zero attached hydrogens (tertiary/aromatic N) is 1. The van der Waals surface area contributed by atoms with E-state index in [2.05, 4.69) is 32.8 Å². The lowest BCUT2D eigenvalue weighted by Crippen LogP contribution is -1.98. The summed E-state index contributed by atoms with van der Waals surface area (Å²) in [6.07, 6.45) is 3.39. The van der Waals surface area contributed by atoms with Gasteiger partial charge in [-0.05, 0) is 15.9 Å². The van der Waals surface area contributed by atoms with Crippen molar-refractivity contribution < 1.29 is 4.74 Å². The van der Waals surface area contributed by atoms with Crippen molar-refractivity contribution in [3.05, 3.63) is 22.9 Å². The maximum Gasteiger partial charge on any atom is 0.146 e. The van der Waals surface area contributed by atoms with Gasteiger partial charge in [0.25, 0.3) is 0 Å². The smallest absolute Gasteiger partial charge is 0.146 e. The highest BCUT2D eigenvalue weighted by Gasteiger charge is 2.09. The Morgan fingerprint density at radius 2 is 2.38 bits per heavy atom. The first-order valence-corrected chi connectivity index (χ1v) is 4.56. The quantitative estimate of drug-likeness (QED) is 0.828. The van der Waals surface area contributed by atoms with Gasteiger partial charge < -0.3 is 10.1 Å². The zero-order valence-electron chi connectivity index (χ0n) is 7.60. The van der Waals surface area contributed by atoms with Gasteiger partial charge in [0.1, 0.15) is 10.4 Å². The second kappa shape index (κ2) is 4.28. The highest BCUT2D eigenvalue weighted by Crippen LogP contribution is 2.31. The van der Waals surface area contributed by atoms with E-state index in [0.717, 1.165) is 15.9 Å². The third kappa shape index (κ3) is 1.83. The monoisotopic (exact) mass is 242 g/mol. The molecular weight excluding hydrogens is 232 g/mol. The van der Waals surface area contributed by atoms with Gasteiger partial charge in [0.05, 0.1) is 19.0 Å². The van der Waals surface area contributed by atoms with E-state index in [0.29, 0.717) is 5.75 Å². The maximum atomic E-state index is 5.14. The van der Waals surface area contributed by atoms with E-state index in [4.69, 9.17) is 4.74 Å². The first-order valence-electron chi connectivity index (χ1n) is 3.77. The number of rotatable bonds is 3. The Bertz CT molecular complexity index is 326. The first kappa shape index (κ1) is 10.1.